The summed E-state index contributed by atoms with van der Waals surface area (Å²) in [5.74, 6) is 0.493. The first kappa shape index (κ1) is 9.27. The molecular weight excluding hydrogens is 198 g/mol. The molecule has 0 bridgehead atoms. The number of rotatable bonds is 1. The number of benzene rings is 1. The van der Waals surface area contributed by atoms with Crippen molar-refractivity contribution < 1.29 is 5.11 Å². The fourth-order valence-electron chi connectivity index (χ4n) is 1.49. The number of hydrogen-bond acceptors (Lipinski definition) is 3. The number of phenolic OH excluding ortho intramolecular Hbond substituents is 1. The molecule has 2 aromatic rings. The molecule has 3 nitrogen and oxygen atoms in total. The van der Waals surface area contributed by atoms with Gasteiger partial charge in [-0.15, -0.1) is 0 Å². The first-order chi connectivity index (χ1) is 6.59. The molecule has 0 atom stereocenters. The second-order valence-electron chi connectivity index (χ2n) is 3.55. The Hall–Kier alpha value is -1.29. The van der Waals surface area contributed by atoms with E-state index >= 15 is 0 Å². The van der Waals surface area contributed by atoms with Gasteiger partial charge in [0.05, 0.1) is 4.70 Å². The Kier molecular flexibility index (Phi) is 2.07. The van der Waals surface area contributed by atoms with Gasteiger partial charge in [-0.05, 0) is 17.5 Å². The van der Waals surface area contributed by atoms with Crippen molar-refractivity contribution in [3.05, 3.63) is 27.4 Å². The molecule has 0 saturated heterocycles. The number of aromatic nitrogens is 1. The molecule has 74 valence electrons. The molecule has 0 radical (unpaired) electrons. The molecule has 0 saturated carbocycles. The lowest BCUT2D eigenvalue weighted by Crippen LogP contribution is -1.89. The second-order valence-corrected chi connectivity index (χ2v) is 4.53. The monoisotopic (exact) mass is 209 g/mol. The van der Waals surface area contributed by atoms with Crippen LogP contribution in [0.2, 0.25) is 0 Å². The van der Waals surface area contributed by atoms with Crippen molar-refractivity contribution in [2.24, 2.45) is 0 Å². The van der Waals surface area contributed by atoms with Crippen LogP contribution >= 0.6 is 11.3 Å². The molecule has 0 aliphatic carbocycles. The number of phenols is 1. The van der Waals surface area contributed by atoms with Crippen LogP contribution < -0.4 is 4.87 Å². The Morgan fingerprint density at radius 3 is 2.79 bits per heavy atom. The van der Waals surface area contributed by atoms with E-state index < -0.39 is 0 Å². The molecule has 14 heavy (non-hydrogen) atoms. The summed E-state index contributed by atoms with van der Waals surface area (Å²) in [6.07, 6.45) is 0. The summed E-state index contributed by atoms with van der Waals surface area (Å²) in [5, 5.41) is 9.53. The van der Waals surface area contributed by atoms with E-state index in [-0.39, 0.29) is 10.6 Å². The highest BCUT2D eigenvalue weighted by atomic mass is 32.1. The molecule has 0 fully saturated rings. The lowest BCUT2D eigenvalue weighted by atomic mass is 10.0. The number of hydrogen-bond donors (Lipinski definition) is 2. The van der Waals surface area contributed by atoms with Crippen LogP contribution in [0.1, 0.15) is 25.3 Å². The van der Waals surface area contributed by atoms with Crippen molar-refractivity contribution in [2.75, 3.05) is 0 Å². The van der Waals surface area contributed by atoms with Crippen LogP contribution in [0.15, 0.2) is 16.9 Å². The Balaban J connectivity index is 2.87. The molecule has 4 heteroatoms. The maximum atomic E-state index is 11.2. The SMILES string of the molecule is CC(C)c1ccc(O)c2[nH]c(=O)sc12. The van der Waals surface area contributed by atoms with Crippen molar-refractivity contribution in [3.8, 4) is 5.75 Å². The summed E-state index contributed by atoms with van der Waals surface area (Å²) in [7, 11) is 0. The number of thiazole rings is 1. The minimum absolute atomic E-state index is 0.122. The Bertz CT molecular complexity index is 524. The predicted octanol–water partition coefficient (Wildman–Crippen LogP) is 2.42. The normalized spacial score (nSPS) is 11.4. The molecular formula is C10H11NO2S. The first-order valence-corrected chi connectivity index (χ1v) is 5.26. The average molecular weight is 209 g/mol. The van der Waals surface area contributed by atoms with Gasteiger partial charge in [-0.1, -0.05) is 31.3 Å². The first-order valence-electron chi connectivity index (χ1n) is 4.44. The largest absolute Gasteiger partial charge is 0.506 e. The van der Waals surface area contributed by atoms with Crippen LogP contribution in [0.5, 0.6) is 5.75 Å². The Labute approximate surface area is 85.0 Å². The van der Waals surface area contributed by atoms with Crippen molar-refractivity contribution >= 4 is 21.6 Å². The van der Waals surface area contributed by atoms with Crippen LogP contribution in [0.3, 0.4) is 0 Å². The molecule has 0 aliphatic rings. The van der Waals surface area contributed by atoms with Gasteiger partial charge in [-0.3, -0.25) is 4.79 Å². The fourth-order valence-corrected chi connectivity index (χ4v) is 2.51. The van der Waals surface area contributed by atoms with Gasteiger partial charge < -0.3 is 10.1 Å². The summed E-state index contributed by atoms with van der Waals surface area (Å²) < 4.78 is 0.866. The average Bonchev–Trinajstić information content (AvgIpc) is 2.47. The van der Waals surface area contributed by atoms with Gasteiger partial charge in [0.1, 0.15) is 11.3 Å². The lowest BCUT2D eigenvalue weighted by molar-refractivity contribution is 0.480. The lowest BCUT2D eigenvalue weighted by Gasteiger charge is -2.06. The van der Waals surface area contributed by atoms with E-state index in [4.69, 9.17) is 0 Å². The fraction of sp³-hybridized carbons (Fsp3) is 0.300. The molecule has 0 unspecified atom stereocenters. The topological polar surface area (TPSA) is 53.1 Å². The third kappa shape index (κ3) is 1.32. The zero-order valence-corrected chi connectivity index (χ0v) is 8.81. The third-order valence-corrected chi connectivity index (χ3v) is 3.14. The smallest absolute Gasteiger partial charge is 0.305 e. The van der Waals surface area contributed by atoms with Crippen LogP contribution in [0.4, 0.5) is 0 Å². The van der Waals surface area contributed by atoms with Crippen LogP contribution in [-0.4, -0.2) is 10.1 Å². The quantitative estimate of drug-likeness (QED) is 0.757. The maximum Gasteiger partial charge on any atom is 0.305 e. The highest BCUT2D eigenvalue weighted by molar-refractivity contribution is 7.16. The number of aromatic amines is 1. The van der Waals surface area contributed by atoms with Crippen molar-refractivity contribution in [3.63, 3.8) is 0 Å². The zero-order valence-electron chi connectivity index (χ0n) is 8.00. The van der Waals surface area contributed by atoms with E-state index in [9.17, 15) is 9.90 Å². The van der Waals surface area contributed by atoms with Gasteiger partial charge in [0.15, 0.2) is 0 Å². The Morgan fingerprint density at radius 1 is 1.43 bits per heavy atom. The standard InChI is InChI=1S/C10H11NO2S/c1-5(2)6-3-4-7(12)8-9(6)14-10(13)11-8/h3-5,12H,1-2H3,(H,11,13). The van der Waals surface area contributed by atoms with Gasteiger partial charge in [0.25, 0.3) is 0 Å². The molecule has 0 spiro atoms. The summed E-state index contributed by atoms with van der Waals surface area (Å²) in [6, 6.07) is 3.49. The predicted molar refractivity (Wildman–Crippen MR) is 58.2 cm³/mol. The maximum absolute atomic E-state index is 11.2. The highest BCUT2D eigenvalue weighted by Gasteiger charge is 2.11. The molecule has 1 aromatic heterocycles. The van der Waals surface area contributed by atoms with Gasteiger partial charge >= 0.3 is 4.87 Å². The molecule has 2 rings (SSSR count). The van der Waals surface area contributed by atoms with Crippen molar-refractivity contribution in [2.45, 2.75) is 19.8 Å². The number of fused-ring (bicyclic) bond motifs is 1. The van der Waals surface area contributed by atoms with E-state index in [1.807, 2.05) is 6.07 Å². The minimum Gasteiger partial charge on any atom is -0.506 e. The Morgan fingerprint density at radius 2 is 2.14 bits per heavy atom. The molecule has 1 heterocycles. The summed E-state index contributed by atoms with van der Waals surface area (Å²) in [5.41, 5.74) is 1.66. The van der Waals surface area contributed by atoms with Gasteiger partial charge in [0, 0.05) is 0 Å². The number of aromatic hydroxyl groups is 1. The molecule has 2 N–H and O–H groups in total. The minimum atomic E-state index is -0.122. The molecule has 1 aromatic carbocycles. The third-order valence-electron chi connectivity index (χ3n) is 2.21. The number of H-pyrrole nitrogens is 1. The van der Waals surface area contributed by atoms with Gasteiger partial charge in [-0.2, -0.15) is 0 Å². The highest BCUT2D eigenvalue weighted by Crippen LogP contribution is 2.31. The van der Waals surface area contributed by atoms with E-state index in [0.29, 0.717) is 11.4 Å². The van der Waals surface area contributed by atoms with Crippen molar-refractivity contribution in [1.29, 1.82) is 0 Å². The zero-order chi connectivity index (χ0) is 10.3. The van der Waals surface area contributed by atoms with Crippen molar-refractivity contribution in [1.82, 2.24) is 4.98 Å². The number of nitrogens with one attached hydrogen (secondary N) is 1. The molecule has 0 aliphatic heterocycles. The van der Waals surface area contributed by atoms with Gasteiger partial charge in [0.2, 0.25) is 0 Å². The van der Waals surface area contributed by atoms with E-state index in [0.717, 1.165) is 21.6 Å². The van der Waals surface area contributed by atoms with Gasteiger partial charge in [-0.25, -0.2) is 0 Å². The van der Waals surface area contributed by atoms with E-state index in [1.165, 1.54) is 0 Å². The van der Waals surface area contributed by atoms with Crippen LogP contribution in [-0.2, 0) is 0 Å². The van der Waals surface area contributed by atoms with Crippen LogP contribution in [0, 0.1) is 0 Å². The second kappa shape index (κ2) is 3.13. The van der Waals surface area contributed by atoms with E-state index in [1.54, 1.807) is 6.07 Å². The van der Waals surface area contributed by atoms with Crippen LogP contribution in [0.25, 0.3) is 10.2 Å². The summed E-state index contributed by atoms with van der Waals surface area (Å²) in [6.45, 7) is 4.13. The summed E-state index contributed by atoms with van der Waals surface area (Å²) in [4.78, 5) is 13.7. The van der Waals surface area contributed by atoms with E-state index in [2.05, 4.69) is 18.8 Å². The molecule has 0 amide bonds. The summed E-state index contributed by atoms with van der Waals surface area (Å²) >= 11 is 1.15.